The van der Waals surface area contributed by atoms with Gasteiger partial charge in [-0.15, -0.1) is 0 Å². The predicted molar refractivity (Wildman–Crippen MR) is 131 cm³/mol. The molecule has 2 fully saturated rings. The van der Waals surface area contributed by atoms with E-state index in [9.17, 15) is 4.39 Å². The minimum absolute atomic E-state index is 0.254. The molecule has 2 aliphatic heterocycles. The smallest absolute Gasteiger partial charge is 0.165 e. The molecule has 1 aromatic carbocycles. The lowest BCUT2D eigenvalue weighted by atomic mass is 10.0. The molecular weight excluding hydrogens is 447 g/mol. The van der Waals surface area contributed by atoms with Gasteiger partial charge in [0.05, 0.1) is 25.1 Å². The van der Waals surface area contributed by atoms with Gasteiger partial charge in [-0.1, -0.05) is 0 Å². The van der Waals surface area contributed by atoms with E-state index in [1.807, 2.05) is 25.1 Å². The molecule has 2 aromatic heterocycles. The Morgan fingerprint density at radius 2 is 1.69 bits per heavy atom. The van der Waals surface area contributed by atoms with Crippen LogP contribution in [0.5, 0.6) is 11.5 Å². The highest BCUT2D eigenvalue weighted by molar-refractivity contribution is 6.14. The molecule has 6 rings (SSSR count). The standard InChI is InChI=1S/C26H27FN6O2/c1-26(4-5-26)35-22-13-19-17(11-20(22)27)15-29-25(19)21-14-24(31-16-30-21)33-9-7-32(8-10-33)23-12-18(34-2)3-6-28-23/h3,6,11-14,16H,4-5,7-10,15H2,1-2H3. The van der Waals surface area contributed by atoms with Crippen molar-refractivity contribution < 1.29 is 13.9 Å². The minimum Gasteiger partial charge on any atom is -0.497 e. The van der Waals surface area contributed by atoms with Gasteiger partial charge in [-0.2, -0.15) is 0 Å². The van der Waals surface area contributed by atoms with Crippen LogP contribution in [0.15, 0.2) is 47.8 Å². The summed E-state index contributed by atoms with van der Waals surface area (Å²) >= 11 is 0. The van der Waals surface area contributed by atoms with Crippen molar-refractivity contribution in [2.24, 2.45) is 4.99 Å². The monoisotopic (exact) mass is 474 g/mol. The number of aromatic nitrogens is 3. The van der Waals surface area contributed by atoms with Gasteiger partial charge in [-0.25, -0.2) is 19.3 Å². The quantitative estimate of drug-likeness (QED) is 0.540. The van der Waals surface area contributed by atoms with Crippen LogP contribution >= 0.6 is 0 Å². The van der Waals surface area contributed by atoms with Gasteiger partial charge in [0.25, 0.3) is 0 Å². The van der Waals surface area contributed by atoms with Crippen LogP contribution in [0.3, 0.4) is 0 Å². The lowest BCUT2D eigenvalue weighted by molar-refractivity contribution is 0.191. The van der Waals surface area contributed by atoms with Crippen molar-refractivity contribution in [3.05, 3.63) is 65.5 Å². The molecule has 4 heterocycles. The largest absolute Gasteiger partial charge is 0.497 e. The zero-order valence-electron chi connectivity index (χ0n) is 19.9. The number of ether oxygens (including phenoxy) is 2. The summed E-state index contributed by atoms with van der Waals surface area (Å²) < 4.78 is 25.9. The second-order valence-electron chi connectivity index (χ2n) is 9.45. The van der Waals surface area contributed by atoms with E-state index in [-0.39, 0.29) is 17.2 Å². The first-order chi connectivity index (χ1) is 17.0. The molecule has 0 bridgehead atoms. The second-order valence-corrected chi connectivity index (χ2v) is 9.45. The molecule has 1 aliphatic carbocycles. The average Bonchev–Trinajstić information content (AvgIpc) is 3.48. The van der Waals surface area contributed by atoms with Crippen molar-refractivity contribution in [2.75, 3.05) is 43.1 Å². The van der Waals surface area contributed by atoms with E-state index in [1.54, 1.807) is 31.8 Å². The molecule has 0 unspecified atom stereocenters. The summed E-state index contributed by atoms with van der Waals surface area (Å²) in [5.41, 5.74) is 2.97. The van der Waals surface area contributed by atoms with Crippen LogP contribution in [0.25, 0.3) is 0 Å². The molecule has 1 saturated carbocycles. The summed E-state index contributed by atoms with van der Waals surface area (Å²) in [5.74, 6) is 2.52. The van der Waals surface area contributed by atoms with Gasteiger partial charge < -0.3 is 19.3 Å². The predicted octanol–water partition coefficient (Wildman–Crippen LogP) is 3.63. The Labute approximate surface area is 203 Å². The van der Waals surface area contributed by atoms with Crippen molar-refractivity contribution in [3.8, 4) is 11.5 Å². The van der Waals surface area contributed by atoms with Crippen LogP contribution in [0.1, 0.15) is 36.6 Å². The Kier molecular flexibility index (Phi) is 5.27. The normalized spacial score (nSPS) is 18.2. The van der Waals surface area contributed by atoms with Crippen molar-refractivity contribution in [2.45, 2.75) is 31.9 Å². The van der Waals surface area contributed by atoms with Gasteiger partial charge in [-0.05, 0) is 43.5 Å². The summed E-state index contributed by atoms with van der Waals surface area (Å²) in [6.45, 7) is 5.70. The molecule has 0 radical (unpaired) electrons. The maximum atomic E-state index is 14.6. The molecule has 0 amide bonds. The fraction of sp³-hybridized carbons (Fsp3) is 0.385. The summed E-state index contributed by atoms with van der Waals surface area (Å²) in [5, 5.41) is 0. The molecule has 0 spiro atoms. The third-order valence-electron chi connectivity index (χ3n) is 6.91. The number of nitrogens with zero attached hydrogens (tertiary/aromatic N) is 6. The minimum atomic E-state index is -0.333. The van der Waals surface area contributed by atoms with Crippen LogP contribution in [0.4, 0.5) is 16.0 Å². The fourth-order valence-electron chi connectivity index (χ4n) is 4.55. The van der Waals surface area contributed by atoms with Crippen LogP contribution in [-0.4, -0.2) is 59.6 Å². The lowest BCUT2D eigenvalue weighted by Crippen LogP contribution is -2.47. The number of anilines is 2. The van der Waals surface area contributed by atoms with Gasteiger partial charge in [0.1, 0.15) is 29.3 Å². The van der Waals surface area contributed by atoms with E-state index >= 15 is 0 Å². The van der Waals surface area contributed by atoms with E-state index in [2.05, 4.69) is 29.7 Å². The highest BCUT2D eigenvalue weighted by Gasteiger charge is 2.41. The summed E-state index contributed by atoms with van der Waals surface area (Å²) in [6.07, 6.45) is 5.24. The zero-order valence-corrected chi connectivity index (χ0v) is 19.9. The number of aliphatic imine (C=N–C) groups is 1. The number of halogens is 1. The highest BCUT2D eigenvalue weighted by Crippen LogP contribution is 2.41. The molecule has 180 valence electrons. The molecule has 3 aromatic rings. The summed E-state index contributed by atoms with van der Waals surface area (Å²) in [4.78, 5) is 22.7. The van der Waals surface area contributed by atoms with Crippen molar-refractivity contribution in [1.29, 1.82) is 0 Å². The van der Waals surface area contributed by atoms with Crippen LogP contribution in [-0.2, 0) is 6.54 Å². The van der Waals surface area contributed by atoms with Crippen molar-refractivity contribution in [1.82, 2.24) is 15.0 Å². The third kappa shape index (κ3) is 4.26. The molecular formula is C26H27FN6O2. The number of hydrogen-bond donors (Lipinski definition) is 0. The third-order valence-corrected chi connectivity index (χ3v) is 6.91. The van der Waals surface area contributed by atoms with E-state index in [4.69, 9.17) is 9.47 Å². The Bertz CT molecular complexity index is 1300. The second kappa shape index (κ2) is 8.48. The van der Waals surface area contributed by atoms with E-state index in [1.165, 1.54) is 0 Å². The molecule has 8 nitrogen and oxygen atoms in total. The summed E-state index contributed by atoms with van der Waals surface area (Å²) in [6, 6.07) is 9.10. The number of hydrogen-bond acceptors (Lipinski definition) is 8. The van der Waals surface area contributed by atoms with Crippen LogP contribution in [0.2, 0.25) is 0 Å². The van der Waals surface area contributed by atoms with Crippen molar-refractivity contribution >= 4 is 17.3 Å². The number of benzene rings is 1. The van der Waals surface area contributed by atoms with Crippen molar-refractivity contribution in [3.63, 3.8) is 0 Å². The van der Waals surface area contributed by atoms with Crippen LogP contribution < -0.4 is 19.3 Å². The topological polar surface area (TPSA) is 76.0 Å². The molecule has 3 aliphatic rings. The average molecular weight is 475 g/mol. The van der Waals surface area contributed by atoms with Gasteiger partial charge in [0.15, 0.2) is 11.6 Å². The first-order valence-electron chi connectivity index (χ1n) is 11.9. The summed E-state index contributed by atoms with van der Waals surface area (Å²) in [7, 11) is 1.66. The Morgan fingerprint density at radius 1 is 0.943 bits per heavy atom. The molecule has 35 heavy (non-hydrogen) atoms. The Morgan fingerprint density at radius 3 is 2.40 bits per heavy atom. The van der Waals surface area contributed by atoms with Gasteiger partial charge in [-0.3, -0.25) is 4.99 Å². The number of piperazine rings is 1. The van der Waals surface area contributed by atoms with E-state index in [0.29, 0.717) is 6.54 Å². The van der Waals surface area contributed by atoms with Gasteiger partial charge in [0, 0.05) is 50.1 Å². The zero-order chi connectivity index (χ0) is 24.0. The highest BCUT2D eigenvalue weighted by atomic mass is 19.1. The van der Waals surface area contributed by atoms with Gasteiger partial charge >= 0.3 is 0 Å². The molecule has 1 saturated heterocycles. The fourth-order valence-corrected chi connectivity index (χ4v) is 4.55. The molecule has 0 atom stereocenters. The first-order valence-corrected chi connectivity index (χ1v) is 11.9. The first kappa shape index (κ1) is 21.8. The SMILES string of the molecule is COc1ccnc(N2CCN(c3cc(C4=NCc5cc(F)c(OC6(C)CC6)cc54)ncn3)CC2)c1. The number of methoxy groups -OCH3 is 1. The van der Waals surface area contributed by atoms with Gasteiger partial charge in [0.2, 0.25) is 0 Å². The number of rotatable bonds is 6. The molecule has 0 N–H and O–H groups in total. The van der Waals surface area contributed by atoms with Crippen LogP contribution in [0, 0.1) is 5.82 Å². The Hall–Kier alpha value is -3.75. The maximum absolute atomic E-state index is 14.6. The van der Waals surface area contributed by atoms with E-state index in [0.717, 1.165) is 78.9 Å². The molecule has 9 heteroatoms. The number of fused-ring (bicyclic) bond motifs is 1. The lowest BCUT2D eigenvalue weighted by Gasteiger charge is -2.36. The van der Waals surface area contributed by atoms with E-state index < -0.39 is 0 Å². The maximum Gasteiger partial charge on any atom is 0.165 e. The Balaban J connectivity index is 1.19. The number of pyridine rings is 1.